The van der Waals surface area contributed by atoms with E-state index >= 15 is 0 Å². The fourth-order valence-corrected chi connectivity index (χ4v) is 1.45. The van der Waals surface area contributed by atoms with Crippen LogP contribution in [0.15, 0.2) is 0 Å². The molecule has 0 atom stereocenters. The molecule has 0 amide bonds. The first kappa shape index (κ1) is 14.1. The van der Waals surface area contributed by atoms with Crippen LogP contribution in [-0.4, -0.2) is 10.7 Å². The van der Waals surface area contributed by atoms with Gasteiger partial charge in [0.15, 0.2) is 0 Å². The summed E-state index contributed by atoms with van der Waals surface area (Å²) in [4.78, 5) is 0. The summed E-state index contributed by atoms with van der Waals surface area (Å²) in [6, 6.07) is 0. The van der Waals surface area contributed by atoms with Gasteiger partial charge in [-0.3, -0.25) is 0 Å². The molecule has 0 nitrogen and oxygen atoms in total. The molecule has 0 aliphatic heterocycles. The molecule has 0 aromatic heterocycles. The predicted molar refractivity (Wildman–Crippen MR) is 70.8 cm³/mol. The molecule has 78 valence electrons. The highest BCUT2D eigenvalue weighted by Gasteiger charge is 1.86. The number of rotatable bonds is 5. The molecule has 2 heteroatoms. The Hall–Kier alpha value is 0.0800. The lowest BCUT2D eigenvalue weighted by molar-refractivity contribution is 0.661. The Kier molecular flexibility index (Phi) is 13.2. The van der Waals surface area contributed by atoms with Gasteiger partial charge in [0.1, 0.15) is 0 Å². The second-order valence-corrected chi connectivity index (χ2v) is 4.01. The van der Waals surface area contributed by atoms with E-state index in [4.69, 9.17) is 0 Å². The van der Waals surface area contributed by atoms with E-state index in [1.54, 1.807) is 0 Å². The van der Waals surface area contributed by atoms with Gasteiger partial charge in [-0.15, -0.1) is 11.8 Å². The van der Waals surface area contributed by atoms with Gasteiger partial charge in [0.2, 0.25) is 0 Å². The van der Waals surface area contributed by atoms with Gasteiger partial charge in [0.25, 0.3) is 0 Å². The van der Waals surface area contributed by atoms with Gasteiger partial charge in [0, 0.05) is 12.8 Å². The second-order valence-electron chi connectivity index (χ2n) is 2.89. The topological polar surface area (TPSA) is 0 Å². The third-order valence-corrected chi connectivity index (χ3v) is 2.30. The predicted octanol–water partition coefficient (Wildman–Crippen LogP) is 4.12. The van der Waals surface area contributed by atoms with Crippen molar-refractivity contribution in [3.63, 3.8) is 0 Å². The summed E-state index contributed by atoms with van der Waals surface area (Å²) in [5.41, 5.74) is 0. The third-order valence-electron chi connectivity index (χ3n) is 1.74. The maximum atomic E-state index is 3.27. The van der Waals surface area contributed by atoms with Crippen molar-refractivity contribution in [3.8, 4) is 23.7 Å². The van der Waals surface area contributed by atoms with Crippen LogP contribution in [0, 0.1) is 23.7 Å². The van der Waals surface area contributed by atoms with E-state index < -0.39 is 0 Å². The highest BCUT2D eigenvalue weighted by atomic mass is 79.9. The molecule has 0 spiro atoms. The largest absolute Gasteiger partial charge is 0.102 e. The van der Waals surface area contributed by atoms with Gasteiger partial charge in [-0.25, -0.2) is 0 Å². The lowest BCUT2D eigenvalue weighted by Gasteiger charge is -1.94. The summed E-state index contributed by atoms with van der Waals surface area (Å²) in [7, 11) is 0. The molecule has 0 heterocycles. The van der Waals surface area contributed by atoms with E-state index in [0.29, 0.717) is 0 Å². The molecule has 0 aliphatic rings. The molecule has 0 saturated carbocycles. The molecule has 0 rings (SSSR count). The molecular weight excluding hydrogens is 304 g/mol. The van der Waals surface area contributed by atoms with Crippen molar-refractivity contribution in [1.82, 2.24) is 0 Å². The van der Waals surface area contributed by atoms with Crippen molar-refractivity contribution in [2.45, 2.75) is 38.5 Å². The molecule has 0 N–H and O–H groups in total. The van der Waals surface area contributed by atoms with Crippen LogP contribution in [-0.2, 0) is 0 Å². The quantitative estimate of drug-likeness (QED) is 0.406. The van der Waals surface area contributed by atoms with Gasteiger partial charge in [0.05, 0.1) is 10.7 Å². The monoisotopic (exact) mass is 318 g/mol. The average Bonchev–Trinajstić information content (AvgIpc) is 2.21. The number of hydrogen-bond donors (Lipinski definition) is 0. The summed E-state index contributed by atoms with van der Waals surface area (Å²) in [6.07, 6.45) is 7.11. The Morgan fingerprint density at radius 1 is 0.571 bits per heavy atom. The van der Waals surface area contributed by atoms with Crippen LogP contribution in [0.5, 0.6) is 0 Å². The van der Waals surface area contributed by atoms with Crippen molar-refractivity contribution < 1.29 is 0 Å². The molecular formula is C12H16Br2. The van der Waals surface area contributed by atoms with E-state index in [2.05, 4.69) is 55.5 Å². The minimum absolute atomic E-state index is 0.801. The molecule has 0 aliphatic carbocycles. The Morgan fingerprint density at radius 2 is 1.00 bits per heavy atom. The summed E-state index contributed by atoms with van der Waals surface area (Å²) in [5, 5.41) is 1.60. The minimum Gasteiger partial charge on any atom is -0.102 e. The highest BCUT2D eigenvalue weighted by molar-refractivity contribution is 9.09. The van der Waals surface area contributed by atoms with E-state index in [0.717, 1.165) is 23.5 Å². The molecule has 0 saturated heterocycles. The average molecular weight is 320 g/mol. The summed E-state index contributed by atoms with van der Waals surface area (Å²) in [6.45, 7) is 0. The molecule has 0 radical (unpaired) electrons. The first-order valence-electron chi connectivity index (χ1n) is 4.95. The first-order valence-corrected chi connectivity index (χ1v) is 7.19. The van der Waals surface area contributed by atoms with Crippen LogP contribution < -0.4 is 0 Å². The van der Waals surface area contributed by atoms with Crippen molar-refractivity contribution in [3.05, 3.63) is 0 Å². The summed E-state index contributed by atoms with van der Waals surface area (Å²) < 4.78 is 0. The Balaban J connectivity index is 3.06. The Morgan fingerprint density at radius 3 is 1.36 bits per heavy atom. The second kappa shape index (κ2) is 13.1. The zero-order valence-electron chi connectivity index (χ0n) is 8.41. The van der Waals surface area contributed by atoms with Crippen LogP contribution in [0.25, 0.3) is 0 Å². The van der Waals surface area contributed by atoms with Crippen molar-refractivity contribution in [1.29, 1.82) is 0 Å². The molecule has 0 unspecified atom stereocenters. The van der Waals surface area contributed by atoms with E-state index in [-0.39, 0.29) is 0 Å². The van der Waals surface area contributed by atoms with E-state index in [9.17, 15) is 0 Å². The number of halogens is 2. The first-order chi connectivity index (χ1) is 6.91. The molecule has 0 bridgehead atoms. The number of hydrogen-bond acceptors (Lipinski definition) is 0. The molecule has 0 aromatic rings. The van der Waals surface area contributed by atoms with Crippen molar-refractivity contribution in [2.75, 3.05) is 10.7 Å². The smallest absolute Gasteiger partial charge is 0.0645 e. The van der Waals surface area contributed by atoms with Crippen molar-refractivity contribution in [2.24, 2.45) is 0 Å². The van der Waals surface area contributed by atoms with Gasteiger partial charge >= 0.3 is 0 Å². The van der Waals surface area contributed by atoms with E-state index in [1.165, 1.54) is 25.7 Å². The fraction of sp³-hybridized carbons (Fsp3) is 0.667. The molecule has 0 aromatic carbocycles. The number of alkyl halides is 2. The third kappa shape index (κ3) is 12.1. The van der Waals surface area contributed by atoms with Crippen LogP contribution in [0.3, 0.4) is 0 Å². The van der Waals surface area contributed by atoms with Gasteiger partial charge in [-0.1, -0.05) is 56.5 Å². The SMILES string of the molecule is BrCC#CCCCCCCC#CCBr. The Bertz CT molecular complexity index is 198. The minimum atomic E-state index is 0.801. The summed E-state index contributed by atoms with van der Waals surface area (Å²) in [5.74, 6) is 12.2. The lowest BCUT2D eigenvalue weighted by Crippen LogP contribution is -1.77. The zero-order valence-corrected chi connectivity index (χ0v) is 11.6. The van der Waals surface area contributed by atoms with Crippen LogP contribution in [0.2, 0.25) is 0 Å². The van der Waals surface area contributed by atoms with Crippen LogP contribution in [0.4, 0.5) is 0 Å². The highest BCUT2D eigenvalue weighted by Crippen LogP contribution is 2.04. The van der Waals surface area contributed by atoms with Gasteiger partial charge in [-0.05, 0) is 12.8 Å². The van der Waals surface area contributed by atoms with E-state index in [1.807, 2.05) is 0 Å². The standard InChI is InChI=1S/C12H16Br2/c13-11-9-7-5-3-1-2-4-6-8-10-12-14/h1-6,11-12H2. The summed E-state index contributed by atoms with van der Waals surface area (Å²) >= 11 is 6.55. The fourth-order valence-electron chi connectivity index (χ4n) is 1.05. The maximum absolute atomic E-state index is 3.27. The maximum Gasteiger partial charge on any atom is 0.0645 e. The zero-order chi connectivity index (χ0) is 10.5. The normalized spacial score (nSPS) is 8.43. The lowest BCUT2D eigenvalue weighted by atomic mass is 10.1. The molecule has 14 heavy (non-hydrogen) atoms. The number of unbranched alkanes of at least 4 members (excludes halogenated alkanes) is 5. The Labute approximate surface area is 104 Å². The van der Waals surface area contributed by atoms with Crippen LogP contribution in [0.1, 0.15) is 38.5 Å². The molecule has 0 fully saturated rings. The van der Waals surface area contributed by atoms with Gasteiger partial charge in [-0.2, -0.15) is 0 Å². The van der Waals surface area contributed by atoms with Gasteiger partial charge < -0.3 is 0 Å². The van der Waals surface area contributed by atoms with Crippen molar-refractivity contribution >= 4 is 31.9 Å². The van der Waals surface area contributed by atoms with Crippen LogP contribution >= 0.6 is 31.9 Å².